The van der Waals surface area contributed by atoms with E-state index >= 15 is 0 Å². The lowest BCUT2D eigenvalue weighted by Crippen LogP contribution is -2.49. The number of ether oxygens (including phenoxy) is 1. The van der Waals surface area contributed by atoms with Gasteiger partial charge < -0.3 is 15.4 Å². The van der Waals surface area contributed by atoms with E-state index < -0.39 is 10.0 Å². The summed E-state index contributed by atoms with van der Waals surface area (Å²) in [6.07, 6.45) is 3.62. The summed E-state index contributed by atoms with van der Waals surface area (Å²) in [5.74, 6) is 0.0127. The SMILES string of the molecule is CS(=O)(=O)NC1CCN(C(=O)C2CCC(CN)O2)CC1. The molecule has 116 valence electrons. The lowest BCUT2D eigenvalue weighted by Gasteiger charge is -2.33. The number of piperidine rings is 1. The van der Waals surface area contributed by atoms with Gasteiger partial charge in [-0.2, -0.15) is 0 Å². The first-order valence-electron chi connectivity index (χ1n) is 7.00. The van der Waals surface area contributed by atoms with Gasteiger partial charge in [-0.3, -0.25) is 4.79 Å². The Morgan fingerprint density at radius 1 is 1.30 bits per heavy atom. The molecule has 1 amide bonds. The van der Waals surface area contributed by atoms with Crippen LogP contribution >= 0.6 is 0 Å². The largest absolute Gasteiger partial charge is 0.364 e. The number of carbonyl (C=O) groups is 1. The van der Waals surface area contributed by atoms with Crippen molar-refractivity contribution in [3.8, 4) is 0 Å². The summed E-state index contributed by atoms with van der Waals surface area (Å²) in [6, 6.07) is -0.0738. The average Bonchev–Trinajstić information content (AvgIpc) is 2.85. The fraction of sp³-hybridized carbons (Fsp3) is 0.917. The van der Waals surface area contributed by atoms with Crippen molar-refractivity contribution in [1.82, 2.24) is 9.62 Å². The van der Waals surface area contributed by atoms with Crippen molar-refractivity contribution in [2.75, 3.05) is 25.9 Å². The topological polar surface area (TPSA) is 102 Å². The maximum absolute atomic E-state index is 12.3. The standard InChI is InChI=1S/C12H23N3O4S/c1-20(17,18)14-9-4-6-15(7-5-9)12(16)11-3-2-10(8-13)19-11/h9-11,14H,2-8,13H2,1H3. The molecule has 0 radical (unpaired) electrons. The molecule has 20 heavy (non-hydrogen) atoms. The van der Waals surface area contributed by atoms with E-state index in [0.29, 0.717) is 32.5 Å². The Morgan fingerprint density at radius 3 is 2.45 bits per heavy atom. The molecule has 0 aromatic heterocycles. The molecule has 0 aliphatic carbocycles. The summed E-state index contributed by atoms with van der Waals surface area (Å²) in [5.41, 5.74) is 5.54. The molecular formula is C12H23N3O4S. The fourth-order valence-electron chi connectivity index (χ4n) is 2.78. The highest BCUT2D eigenvalue weighted by atomic mass is 32.2. The number of rotatable bonds is 4. The van der Waals surface area contributed by atoms with Gasteiger partial charge >= 0.3 is 0 Å². The monoisotopic (exact) mass is 305 g/mol. The minimum Gasteiger partial charge on any atom is -0.364 e. The highest BCUT2D eigenvalue weighted by Crippen LogP contribution is 2.22. The number of nitrogens with one attached hydrogen (secondary N) is 1. The molecule has 2 rings (SSSR count). The number of nitrogens with zero attached hydrogens (tertiary/aromatic N) is 1. The molecule has 2 heterocycles. The third kappa shape index (κ3) is 4.15. The van der Waals surface area contributed by atoms with Crippen LogP contribution < -0.4 is 10.5 Å². The molecule has 0 saturated carbocycles. The van der Waals surface area contributed by atoms with Crippen molar-refractivity contribution >= 4 is 15.9 Å². The smallest absolute Gasteiger partial charge is 0.251 e. The van der Waals surface area contributed by atoms with Gasteiger partial charge in [0.05, 0.1) is 12.4 Å². The van der Waals surface area contributed by atoms with Crippen LogP contribution in [0, 0.1) is 0 Å². The van der Waals surface area contributed by atoms with Gasteiger partial charge in [-0.25, -0.2) is 13.1 Å². The number of sulfonamides is 1. The van der Waals surface area contributed by atoms with Crippen LogP contribution in [0.25, 0.3) is 0 Å². The van der Waals surface area contributed by atoms with Crippen LogP contribution in [-0.4, -0.2) is 63.4 Å². The van der Waals surface area contributed by atoms with Crippen molar-refractivity contribution in [3.05, 3.63) is 0 Å². The Labute approximate surface area is 119 Å². The first kappa shape index (κ1) is 15.7. The zero-order valence-electron chi connectivity index (χ0n) is 11.7. The van der Waals surface area contributed by atoms with E-state index in [0.717, 1.165) is 19.1 Å². The average molecular weight is 305 g/mol. The van der Waals surface area contributed by atoms with E-state index in [1.54, 1.807) is 4.90 Å². The highest BCUT2D eigenvalue weighted by molar-refractivity contribution is 7.88. The Bertz CT molecular complexity index is 446. The summed E-state index contributed by atoms with van der Waals surface area (Å²) >= 11 is 0. The molecule has 3 N–H and O–H groups in total. The molecule has 2 unspecified atom stereocenters. The molecule has 2 atom stereocenters. The second kappa shape index (κ2) is 6.38. The van der Waals surface area contributed by atoms with Crippen LogP contribution in [0.4, 0.5) is 0 Å². The number of hydrogen-bond donors (Lipinski definition) is 2. The summed E-state index contributed by atoms with van der Waals surface area (Å²) in [6.45, 7) is 1.59. The second-order valence-electron chi connectivity index (χ2n) is 5.55. The number of hydrogen-bond acceptors (Lipinski definition) is 5. The van der Waals surface area contributed by atoms with E-state index in [9.17, 15) is 13.2 Å². The Hall–Kier alpha value is -0.700. The van der Waals surface area contributed by atoms with Crippen LogP contribution in [0.5, 0.6) is 0 Å². The first-order chi connectivity index (χ1) is 9.39. The van der Waals surface area contributed by atoms with Gasteiger partial charge in [0, 0.05) is 25.7 Å². The van der Waals surface area contributed by atoms with Gasteiger partial charge in [-0.05, 0) is 25.7 Å². The summed E-state index contributed by atoms with van der Waals surface area (Å²) in [4.78, 5) is 14.0. The van der Waals surface area contributed by atoms with Gasteiger partial charge in [-0.15, -0.1) is 0 Å². The fourth-order valence-corrected chi connectivity index (χ4v) is 3.63. The Balaban J connectivity index is 1.80. The number of likely N-dealkylation sites (tertiary alicyclic amines) is 1. The molecule has 0 aromatic carbocycles. The van der Waals surface area contributed by atoms with Crippen LogP contribution in [0.2, 0.25) is 0 Å². The predicted molar refractivity (Wildman–Crippen MR) is 74.5 cm³/mol. The van der Waals surface area contributed by atoms with E-state index in [4.69, 9.17) is 10.5 Å². The third-order valence-electron chi connectivity index (χ3n) is 3.83. The molecule has 8 heteroatoms. The molecule has 0 bridgehead atoms. The zero-order chi connectivity index (χ0) is 14.8. The van der Waals surface area contributed by atoms with Crippen molar-refractivity contribution in [2.45, 2.75) is 43.9 Å². The van der Waals surface area contributed by atoms with Gasteiger partial charge in [0.2, 0.25) is 10.0 Å². The molecule has 2 saturated heterocycles. The van der Waals surface area contributed by atoms with Crippen LogP contribution in [0.3, 0.4) is 0 Å². The van der Waals surface area contributed by atoms with Crippen molar-refractivity contribution < 1.29 is 17.9 Å². The molecule has 0 spiro atoms. The van der Waals surface area contributed by atoms with Gasteiger partial charge in [0.25, 0.3) is 5.91 Å². The maximum atomic E-state index is 12.3. The number of carbonyl (C=O) groups excluding carboxylic acids is 1. The van der Waals surface area contributed by atoms with Crippen LogP contribution in [0.1, 0.15) is 25.7 Å². The van der Waals surface area contributed by atoms with Gasteiger partial charge in [0.15, 0.2) is 0 Å². The summed E-state index contributed by atoms with van der Waals surface area (Å²) in [7, 11) is -3.18. The van der Waals surface area contributed by atoms with E-state index in [1.807, 2.05) is 0 Å². The Morgan fingerprint density at radius 2 is 1.95 bits per heavy atom. The first-order valence-corrected chi connectivity index (χ1v) is 8.90. The highest BCUT2D eigenvalue weighted by Gasteiger charge is 2.34. The van der Waals surface area contributed by atoms with Crippen LogP contribution in [-0.2, 0) is 19.6 Å². The van der Waals surface area contributed by atoms with Crippen molar-refractivity contribution in [1.29, 1.82) is 0 Å². The molecule has 2 fully saturated rings. The molecule has 7 nitrogen and oxygen atoms in total. The van der Waals surface area contributed by atoms with Gasteiger partial charge in [-0.1, -0.05) is 0 Å². The van der Waals surface area contributed by atoms with E-state index in [1.165, 1.54) is 0 Å². The lowest BCUT2D eigenvalue weighted by molar-refractivity contribution is -0.143. The van der Waals surface area contributed by atoms with Gasteiger partial charge in [0.1, 0.15) is 6.10 Å². The lowest BCUT2D eigenvalue weighted by atomic mass is 10.0. The second-order valence-corrected chi connectivity index (χ2v) is 7.33. The zero-order valence-corrected chi connectivity index (χ0v) is 12.6. The molecular weight excluding hydrogens is 282 g/mol. The summed E-state index contributed by atoms with van der Waals surface area (Å²) in [5, 5.41) is 0. The van der Waals surface area contributed by atoms with E-state index in [-0.39, 0.29) is 24.2 Å². The van der Waals surface area contributed by atoms with Crippen molar-refractivity contribution in [2.24, 2.45) is 5.73 Å². The molecule has 2 aliphatic rings. The number of amides is 1. The quantitative estimate of drug-likeness (QED) is 0.696. The third-order valence-corrected chi connectivity index (χ3v) is 4.59. The van der Waals surface area contributed by atoms with Crippen LogP contribution in [0.15, 0.2) is 0 Å². The minimum atomic E-state index is -3.18. The molecule has 2 aliphatic heterocycles. The summed E-state index contributed by atoms with van der Waals surface area (Å²) < 4.78 is 30.5. The maximum Gasteiger partial charge on any atom is 0.251 e. The Kier molecular flexibility index (Phi) is 5.00. The predicted octanol–water partition coefficient (Wildman–Crippen LogP) is -0.967. The minimum absolute atomic E-state index is 0.00612. The van der Waals surface area contributed by atoms with E-state index in [2.05, 4.69) is 4.72 Å². The molecule has 0 aromatic rings. The number of nitrogens with two attached hydrogens (primary N) is 1. The van der Waals surface area contributed by atoms with Crippen molar-refractivity contribution in [3.63, 3.8) is 0 Å². The normalized spacial score (nSPS) is 28.8.